The van der Waals surface area contributed by atoms with E-state index in [9.17, 15) is 9.59 Å². The van der Waals surface area contributed by atoms with Crippen LogP contribution >= 0.6 is 0 Å². The van der Waals surface area contributed by atoms with Gasteiger partial charge in [-0.2, -0.15) is 10.2 Å². The minimum atomic E-state index is -0.609. The summed E-state index contributed by atoms with van der Waals surface area (Å²) in [6.07, 6.45) is 0. The number of benzene rings is 2. The molecule has 0 radical (unpaired) electrons. The second kappa shape index (κ2) is 9.13. The number of methoxy groups -OCH3 is 1. The number of hydrogen-bond donors (Lipinski definition) is 1. The van der Waals surface area contributed by atoms with Crippen LogP contribution in [0, 0.1) is 6.92 Å². The number of ether oxygens (including phenoxy) is 1. The van der Waals surface area contributed by atoms with E-state index in [-0.39, 0.29) is 5.56 Å². The number of nitrogens with zero attached hydrogens (tertiary/aromatic N) is 2. The van der Waals surface area contributed by atoms with Gasteiger partial charge in [-0.1, -0.05) is 60.2 Å². The van der Waals surface area contributed by atoms with Crippen molar-refractivity contribution < 1.29 is 9.53 Å². The normalized spacial score (nSPS) is 12.0. The van der Waals surface area contributed by atoms with Crippen LogP contribution < -0.4 is 5.56 Å². The zero-order valence-electron chi connectivity index (χ0n) is 17.4. The average molecular weight is 401 g/mol. The molecule has 0 saturated carbocycles. The molecule has 2 aromatic carbocycles. The van der Waals surface area contributed by atoms with Gasteiger partial charge >= 0.3 is 5.97 Å². The molecule has 0 aliphatic heterocycles. The molecule has 1 N–H and O–H groups in total. The van der Waals surface area contributed by atoms with Gasteiger partial charge in [0.2, 0.25) is 5.56 Å². The zero-order valence-corrected chi connectivity index (χ0v) is 17.4. The number of rotatable bonds is 5. The minimum Gasteiger partial charge on any atom is -0.465 e. The summed E-state index contributed by atoms with van der Waals surface area (Å²) in [5.41, 5.74) is 4.73. The van der Waals surface area contributed by atoms with Gasteiger partial charge in [-0.3, -0.25) is 4.79 Å². The molecule has 1 heterocycles. The molecule has 0 amide bonds. The van der Waals surface area contributed by atoms with Gasteiger partial charge in [-0.25, -0.2) is 4.79 Å². The maximum Gasteiger partial charge on any atom is 0.338 e. The third kappa shape index (κ3) is 4.60. The van der Waals surface area contributed by atoms with E-state index in [4.69, 9.17) is 4.74 Å². The summed E-state index contributed by atoms with van der Waals surface area (Å²) < 4.78 is 4.90. The molecule has 0 aliphatic rings. The molecule has 6 heteroatoms. The van der Waals surface area contributed by atoms with E-state index >= 15 is 0 Å². The quantitative estimate of drug-likeness (QED) is 0.391. The summed E-state index contributed by atoms with van der Waals surface area (Å²) in [5, 5.41) is 8.69. The predicted octanol–water partition coefficient (Wildman–Crippen LogP) is 4.37. The second-order valence-electron chi connectivity index (χ2n) is 6.89. The van der Waals surface area contributed by atoms with Crippen molar-refractivity contribution in [1.29, 1.82) is 0 Å². The fourth-order valence-corrected chi connectivity index (χ4v) is 3.08. The highest BCUT2D eigenvalue weighted by Crippen LogP contribution is 2.25. The molecule has 30 heavy (non-hydrogen) atoms. The van der Waals surface area contributed by atoms with Gasteiger partial charge in [-0.15, -0.1) is 0 Å². The predicted molar refractivity (Wildman–Crippen MR) is 119 cm³/mol. The molecular weight excluding hydrogens is 378 g/mol. The number of carbonyl (C=O) groups is 1. The molecule has 6 nitrogen and oxygen atoms in total. The first-order chi connectivity index (χ1) is 14.4. The maximum atomic E-state index is 12.4. The van der Waals surface area contributed by atoms with Crippen molar-refractivity contribution in [3.8, 4) is 11.3 Å². The molecule has 0 unspecified atom stereocenters. The molecule has 0 saturated heterocycles. The lowest BCUT2D eigenvalue weighted by molar-refractivity contribution is 0.0600. The fourth-order valence-electron chi connectivity index (χ4n) is 3.08. The van der Waals surface area contributed by atoms with Gasteiger partial charge in [0, 0.05) is 11.6 Å². The summed E-state index contributed by atoms with van der Waals surface area (Å²) in [5.74, 6) is -0.609. The van der Waals surface area contributed by atoms with Crippen molar-refractivity contribution in [2.75, 3.05) is 7.11 Å². The van der Waals surface area contributed by atoms with E-state index in [1.165, 1.54) is 13.2 Å². The highest BCUT2D eigenvalue weighted by atomic mass is 16.5. The fraction of sp³-hybridized carbons (Fsp3) is 0.167. The van der Waals surface area contributed by atoms with E-state index in [0.29, 0.717) is 17.0 Å². The largest absolute Gasteiger partial charge is 0.465 e. The molecule has 3 aromatic rings. The first-order valence-corrected chi connectivity index (χ1v) is 9.48. The Balaban J connectivity index is 2.19. The Morgan fingerprint density at radius 3 is 2.20 bits per heavy atom. The number of nitrogens with one attached hydrogen (secondary N) is 1. The first-order valence-electron chi connectivity index (χ1n) is 9.48. The summed E-state index contributed by atoms with van der Waals surface area (Å²) in [6.45, 7) is 5.59. The SMILES string of the molecule is COC(=O)c1cc(=O)[nH]c(-c2ccc(C)cc2)c1/C(C)=N/N=C(/C)c1ccccc1. The Hall–Kier alpha value is -3.80. The number of H-pyrrole nitrogens is 1. The Kier molecular flexibility index (Phi) is 6.37. The molecule has 1 aromatic heterocycles. The maximum absolute atomic E-state index is 12.4. The lowest BCUT2D eigenvalue weighted by Gasteiger charge is -2.13. The minimum absolute atomic E-state index is 0.144. The topological polar surface area (TPSA) is 83.9 Å². The summed E-state index contributed by atoms with van der Waals surface area (Å²) in [7, 11) is 1.28. The van der Waals surface area contributed by atoms with Crippen molar-refractivity contribution in [2.45, 2.75) is 20.8 Å². The van der Waals surface area contributed by atoms with Gasteiger partial charge in [-0.05, 0) is 31.9 Å². The third-order valence-corrected chi connectivity index (χ3v) is 4.69. The number of aromatic nitrogens is 1. The third-order valence-electron chi connectivity index (χ3n) is 4.69. The van der Waals surface area contributed by atoms with Crippen LogP contribution in [0.2, 0.25) is 0 Å². The summed E-state index contributed by atoms with van der Waals surface area (Å²) in [4.78, 5) is 27.5. The van der Waals surface area contributed by atoms with Crippen molar-refractivity contribution >= 4 is 17.4 Å². The Bertz CT molecular complexity index is 1170. The van der Waals surface area contributed by atoms with Crippen LogP contribution in [0.15, 0.2) is 75.7 Å². The number of aryl methyl sites for hydroxylation is 1. The molecule has 0 fully saturated rings. The standard InChI is InChI=1S/C24H23N3O3/c1-15-10-12-19(13-11-15)23-22(20(24(29)30-4)14-21(28)25-23)17(3)27-26-16(2)18-8-6-5-7-9-18/h5-14H,1-4H3,(H,25,28)/b26-16-,27-17+. The van der Waals surface area contributed by atoms with Crippen LogP contribution in [0.4, 0.5) is 0 Å². The van der Waals surface area contributed by atoms with Crippen molar-refractivity contribution in [1.82, 2.24) is 4.98 Å². The van der Waals surface area contributed by atoms with Crippen LogP contribution in [0.25, 0.3) is 11.3 Å². The van der Waals surface area contributed by atoms with E-state index in [0.717, 1.165) is 22.4 Å². The van der Waals surface area contributed by atoms with Crippen LogP contribution in [0.3, 0.4) is 0 Å². The number of carbonyl (C=O) groups excluding carboxylic acids is 1. The molecule has 0 atom stereocenters. The van der Waals surface area contributed by atoms with Crippen molar-refractivity contribution in [3.05, 3.63) is 93.3 Å². The Labute approximate surface area is 175 Å². The monoisotopic (exact) mass is 401 g/mol. The Morgan fingerprint density at radius 2 is 1.57 bits per heavy atom. The number of pyridine rings is 1. The Morgan fingerprint density at radius 1 is 0.933 bits per heavy atom. The number of hydrogen-bond acceptors (Lipinski definition) is 5. The van der Waals surface area contributed by atoms with Crippen LogP contribution in [0.1, 0.15) is 40.9 Å². The van der Waals surface area contributed by atoms with E-state index in [1.807, 2.05) is 68.4 Å². The van der Waals surface area contributed by atoms with Crippen LogP contribution in [-0.4, -0.2) is 29.5 Å². The molecule has 0 aliphatic carbocycles. The van der Waals surface area contributed by atoms with Gasteiger partial charge in [0.15, 0.2) is 0 Å². The second-order valence-corrected chi connectivity index (χ2v) is 6.89. The highest BCUT2D eigenvalue weighted by molar-refractivity contribution is 6.12. The smallest absolute Gasteiger partial charge is 0.338 e. The van der Waals surface area contributed by atoms with Gasteiger partial charge < -0.3 is 9.72 Å². The summed E-state index contributed by atoms with van der Waals surface area (Å²) in [6, 6.07) is 18.6. The lowest BCUT2D eigenvalue weighted by atomic mass is 9.97. The van der Waals surface area contributed by atoms with Gasteiger partial charge in [0.05, 0.1) is 29.8 Å². The first kappa shape index (κ1) is 20.9. The molecular formula is C24H23N3O3. The highest BCUT2D eigenvalue weighted by Gasteiger charge is 2.21. The number of aromatic amines is 1. The van der Waals surface area contributed by atoms with E-state index in [1.54, 1.807) is 6.92 Å². The van der Waals surface area contributed by atoms with E-state index < -0.39 is 11.5 Å². The molecule has 0 bridgehead atoms. The van der Waals surface area contributed by atoms with Crippen molar-refractivity contribution in [2.24, 2.45) is 10.2 Å². The number of esters is 1. The molecule has 152 valence electrons. The molecule has 0 spiro atoms. The summed E-state index contributed by atoms with van der Waals surface area (Å²) >= 11 is 0. The van der Waals surface area contributed by atoms with Crippen LogP contribution in [-0.2, 0) is 4.74 Å². The average Bonchev–Trinajstić information content (AvgIpc) is 2.77. The van der Waals surface area contributed by atoms with Crippen LogP contribution in [0.5, 0.6) is 0 Å². The zero-order chi connectivity index (χ0) is 21.7. The lowest BCUT2D eigenvalue weighted by Crippen LogP contribution is -2.18. The molecule has 3 rings (SSSR count). The van der Waals surface area contributed by atoms with Gasteiger partial charge in [0.1, 0.15) is 0 Å². The van der Waals surface area contributed by atoms with E-state index in [2.05, 4.69) is 15.2 Å². The van der Waals surface area contributed by atoms with Crippen molar-refractivity contribution in [3.63, 3.8) is 0 Å². The van der Waals surface area contributed by atoms with Gasteiger partial charge in [0.25, 0.3) is 0 Å².